The van der Waals surface area contributed by atoms with E-state index in [0.29, 0.717) is 24.4 Å². The molecular weight excluding hydrogens is 556 g/mol. The summed E-state index contributed by atoms with van der Waals surface area (Å²) in [6.45, 7) is 5.27. The highest BCUT2D eigenvalue weighted by Gasteiger charge is 2.61. The lowest BCUT2D eigenvalue weighted by Gasteiger charge is -2.30. The first kappa shape index (κ1) is 30.1. The molecule has 5 rings (SSSR count). The molecule has 1 saturated carbocycles. The van der Waals surface area contributed by atoms with Gasteiger partial charge in [0, 0.05) is 25.1 Å². The number of aromatic nitrogens is 5. The van der Waals surface area contributed by atoms with Crippen molar-refractivity contribution >= 4 is 23.9 Å². The number of hydrogen-bond acceptors (Lipinski definition) is 9. The quantitative estimate of drug-likeness (QED) is 0.444. The monoisotopic (exact) mass is 594 g/mol. The maximum absolute atomic E-state index is 14.2. The Kier molecular flexibility index (Phi) is 8.47. The molecule has 4 heterocycles. The van der Waals surface area contributed by atoms with Gasteiger partial charge in [-0.25, -0.2) is 14.3 Å². The van der Waals surface area contributed by atoms with Gasteiger partial charge in [0.2, 0.25) is 17.6 Å². The number of carbonyl (C=O) groups is 4. The van der Waals surface area contributed by atoms with Crippen LogP contribution < -0.4 is 10.6 Å². The van der Waals surface area contributed by atoms with E-state index < -0.39 is 53.1 Å². The van der Waals surface area contributed by atoms with Crippen LogP contribution in [-0.2, 0) is 19.1 Å². The first-order chi connectivity index (χ1) is 20.5. The minimum Gasteiger partial charge on any atom is -0.479 e. The molecular formula is C29H38N8O6. The number of tetrazole rings is 1. The molecule has 0 spiro atoms. The van der Waals surface area contributed by atoms with Crippen LogP contribution in [0, 0.1) is 5.92 Å². The van der Waals surface area contributed by atoms with Gasteiger partial charge in [0.15, 0.2) is 0 Å². The van der Waals surface area contributed by atoms with Crippen molar-refractivity contribution in [1.82, 2.24) is 40.7 Å². The highest BCUT2D eigenvalue weighted by atomic mass is 16.6. The van der Waals surface area contributed by atoms with E-state index in [9.17, 15) is 24.3 Å². The number of carbonyl (C=O) groups excluding carboxylic acids is 3. The minimum absolute atomic E-state index is 0.0672. The molecule has 230 valence electrons. The number of nitrogens with zero attached hydrogens (tertiary/aromatic N) is 6. The van der Waals surface area contributed by atoms with E-state index >= 15 is 0 Å². The zero-order chi connectivity index (χ0) is 30.8. The van der Waals surface area contributed by atoms with Crippen molar-refractivity contribution in [3.05, 3.63) is 36.5 Å². The van der Waals surface area contributed by atoms with Crippen molar-refractivity contribution in [2.45, 2.75) is 95.0 Å². The van der Waals surface area contributed by atoms with E-state index in [1.54, 1.807) is 49.8 Å². The third kappa shape index (κ3) is 6.67. The Morgan fingerprint density at radius 2 is 2.00 bits per heavy atom. The molecule has 0 bridgehead atoms. The predicted molar refractivity (Wildman–Crippen MR) is 152 cm³/mol. The number of alkyl carbamates (subject to hydrolysis) is 1. The molecule has 2 aromatic rings. The third-order valence-electron chi connectivity index (χ3n) is 8.06. The minimum atomic E-state index is -1.43. The average Bonchev–Trinajstić information content (AvgIpc) is 3.27. The third-order valence-corrected chi connectivity index (χ3v) is 8.06. The Balaban J connectivity index is 1.47. The standard InChI is InChI=1S/C29H38N8O6/c1-28(2,3)43-27(42)31-21-13-8-6-4-5-7-11-18-16-29(18,26(40)41)32-24(38)22-15-19(17-36(22)25(21)39)37-23(33-34-35-37)20-12-9-10-14-30-20/h7,9-12,14,18-19,21-22H,4-6,8,13,15-17H2,1-3H3,(H,31,42)(H,32,38)(H,40,41)/b11-7-/t18-,19+,21-,22-,29+/m0/s1. The van der Waals surface area contributed by atoms with Crippen molar-refractivity contribution in [3.63, 3.8) is 0 Å². The van der Waals surface area contributed by atoms with Gasteiger partial charge < -0.3 is 25.4 Å². The second-order valence-electron chi connectivity index (χ2n) is 12.4. The lowest BCUT2D eigenvalue weighted by molar-refractivity contribution is -0.145. The fourth-order valence-corrected chi connectivity index (χ4v) is 5.81. The Labute approximate surface area is 249 Å². The second kappa shape index (κ2) is 12.1. The summed E-state index contributed by atoms with van der Waals surface area (Å²) in [5.41, 5.74) is -1.67. The van der Waals surface area contributed by atoms with Gasteiger partial charge in [-0.1, -0.05) is 31.1 Å². The summed E-state index contributed by atoms with van der Waals surface area (Å²) in [5, 5.41) is 27.7. The van der Waals surface area contributed by atoms with E-state index in [4.69, 9.17) is 4.74 Å². The van der Waals surface area contributed by atoms with Crippen molar-refractivity contribution in [3.8, 4) is 11.5 Å². The number of nitrogens with one attached hydrogen (secondary N) is 2. The molecule has 1 saturated heterocycles. The highest BCUT2D eigenvalue weighted by molar-refractivity contribution is 5.96. The summed E-state index contributed by atoms with van der Waals surface area (Å²) in [5.74, 6) is -2.11. The molecule has 3 aliphatic rings. The van der Waals surface area contributed by atoms with Gasteiger partial charge in [-0.3, -0.25) is 14.6 Å². The smallest absolute Gasteiger partial charge is 0.408 e. The molecule has 43 heavy (non-hydrogen) atoms. The first-order valence-electron chi connectivity index (χ1n) is 14.7. The van der Waals surface area contributed by atoms with Crippen molar-refractivity contribution < 1.29 is 29.0 Å². The molecule has 3 amide bonds. The average molecular weight is 595 g/mol. The van der Waals surface area contributed by atoms with Crippen LogP contribution >= 0.6 is 0 Å². The van der Waals surface area contributed by atoms with Gasteiger partial charge in [-0.2, -0.15) is 0 Å². The van der Waals surface area contributed by atoms with E-state index in [2.05, 4.69) is 31.1 Å². The fourth-order valence-electron chi connectivity index (χ4n) is 5.81. The van der Waals surface area contributed by atoms with Gasteiger partial charge >= 0.3 is 12.1 Å². The molecule has 0 unspecified atom stereocenters. The number of aliphatic carboxylic acids is 1. The van der Waals surface area contributed by atoms with Gasteiger partial charge in [-0.05, 0) is 69.0 Å². The molecule has 0 radical (unpaired) electrons. The summed E-state index contributed by atoms with van der Waals surface area (Å²) in [7, 11) is 0. The molecule has 2 aliphatic heterocycles. The fraction of sp³-hybridized carbons (Fsp3) is 0.586. The summed E-state index contributed by atoms with van der Waals surface area (Å²) < 4.78 is 6.98. The van der Waals surface area contributed by atoms with Crippen LogP contribution in [0.1, 0.15) is 71.8 Å². The van der Waals surface area contributed by atoms with E-state index in [1.807, 2.05) is 12.2 Å². The number of rotatable bonds is 4. The van der Waals surface area contributed by atoms with Crippen LogP contribution in [0.5, 0.6) is 0 Å². The Morgan fingerprint density at radius 1 is 1.19 bits per heavy atom. The number of pyridine rings is 1. The van der Waals surface area contributed by atoms with Crippen LogP contribution in [0.3, 0.4) is 0 Å². The lowest BCUT2D eigenvalue weighted by atomic mass is 10.0. The second-order valence-corrected chi connectivity index (χ2v) is 12.4. The van der Waals surface area contributed by atoms with E-state index in [1.165, 1.54) is 4.90 Å². The van der Waals surface area contributed by atoms with E-state index in [-0.39, 0.29) is 25.3 Å². The van der Waals surface area contributed by atoms with Crippen LogP contribution in [0.2, 0.25) is 0 Å². The van der Waals surface area contributed by atoms with Crippen LogP contribution in [0.4, 0.5) is 4.79 Å². The summed E-state index contributed by atoms with van der Waals surface area (Å²) >= 11 is 0. The number of fused-ring (bicyclic) bond motifs is 2. The normalized spacial score (nSPS) is 28.9. The number of hydrogen-bond donors (Lipinski definition) is 3. The number of carboxylic acid groups (broad SMARTS) is 1. The Hall–Kier alpha value is -4.36. The van der Waals surface area contributed by atoms with Gasteiger partial charge in [-0.15, -0.1) is 5.10 Å². The molecule has 5 atom stereocenters. The Morgan fingerprint density at radius 3 is 2.72 bits per heavy atom. The largest absolute Gasteiger partial charge is 0.479 e. The summed E-state index contributed by atoms with van der Waals surface area (Å²) in [6, 6.07) is 2.85. The summed E-state index contributed by atoms with van der Waals surface area (Å²) in [6.07, 6.45) is 8.52. The molecule has 3 N–H and O–H groups in total. The van der Waals surface area contributed by atoms with Crippen molar-refractivity contribution in [2.75, 3.05) is 6.54 Å². The molecule has 2 fully saturated rings. The maximum Gasteiger partial charge on any atom is 0.408 e. The topological polar surface area (TPSA) is 182 Å². The number of amides is 3. The maximum atomic E-state index is 14.2. The number of carboxylic acids is 1. The first-order valence-corrected chi connectivity index (χ1v) is 14.7. The molecule has 14 heteroatoms. The number of ether oxygens (including phenoxy) is 1. The van der Waals surface area contributed by atoms with E-state index in [0.717, 1.165) is 19.3 Å². The number of allylic oxidation sites excluding steroid dienone is 1. The van der Waals surface area contributed by atoms with Crippen LogP contribution in [0.15, 0.2) is 36.5 Å². The molecule has 0 aromatic carbocycles. The molecule has 14 nitrogen and oxygen atoms in total. The zero-order valence-electron chi connectivity index (χ0n) is 24.6. The lowest BCUT2D eigenvalue weighted by Crippen LogP contribution is -2.56. The Bertz CT molecular complexity index is 1390. The van der Waals surface area contributed by atoms with Gasteiger partial charge in [0.25, 0.3) is 0 Å². The molecule has 1 aliphatic carbocycles. The highest BCUT2D eigenvalue weighted by Crippen LogP contribution is 2.45. The zero-order valence-corrected chi connectivity index (χ0v) is 24.6. The van der Waals surface area contributed by atoms with Gasteiger partial charge in [0.1, 0.15) is 28.9 Å². The summed E-state index contributed by atoms with van der Waals surface area (Å²) in [4.78, 5) is 58.8. The SMILES string of the molecule is CC(C)(C)OC(=O)N[C@H]1CCCCC/C=C\[C@H]2C[C@@]2(C(=O)O)NC(=O)[C@@H]2C[C@@H](n3nnnc3-c3ccccn3)CN2C1=O. The van der Waals surface area contributed by atoms with Crippen molar-refractivity contribution in [2.24, 2.45) is 5.92 Å². The van der Waals surface area contributed by atoms with Crippen molar-refractivity contribution in [1.29, 1.82) is 0 Å². The van der Waals surface area contributed by atoms with Crippen LogP contribution in [0.25, 0.3) is 11.5 Å². The van der Waals surface area contributed by atoms with Crippen LogP contribution in [-0.4, -0.2) is 88.8 Å². The predicted octanol–water partition coefficient (Wildman–Crippen LogP) is 2.25. The van der Waals surface area contributed by atoms with Gasteiger partial charge in [0.05, 0.1) is 6.04 Å². The molecule has 2 aromatic heterocycles.